The molecular weight excluding hydrogens is 228 g/mol. The Hall–Kier alpha value is -0.160. The number of unbranched alkanes of at least 4 members (excludes halogenated alkanes) is 1. The first-order chi connectivity index (χ1) is 8.59. The van der Waals surface area contributed by atoms with Crippen molar-refractivity contribution in [1.29, 1.82) is 0 Å². The smallest absolute Gasteiger partial charge is 0.0610 e. The molecule has 108 valence electrons. The molecule has 4 heteroatoms. The van der Waals surface area contributed by atoms with Gasteiger partial charge in [0, 0.05) is 25.2 Å². The number of ether oxygens (including phenoxy) is 1. The summed E-state index contributed by atoms with van der Waals surface area (Å²) < 4.78 is 5.06. The van der Waals surface area contributed by atoms with Gasteiger partial charge < -0.3 is 20.1 Å². The third-order valence-corrected chi connectivity index (χ3v) is 3.67. The zero-order chi connectivity index (χ0) is 13.4. The van der Waals surface area contributed by atoms with Crippen molar-refractivity contribution in [1.82, 2.24) is 10.2 Å². The zero-order valence-corrected chi connectivity index (χ0v) is 12.2. The van der Waals surface area contributed by atoms with Gasteiger partial charge in [0.2, 0.25) is 0 Å². The van der Waals surface area contributed by atoms with Gasteiger partial charge in [0.05, 0.1) is 13.2 Å². The molecule has 1 rings (SSSR count). The molecule has 0 amide bonds. The second-order valence-electron chi connectivity index (χ2n) is 5.89. The Kier molecular flexibility index (Phi) is 7.15. The van der Waals surface area contributed by atoms with E-state index in [1.54, 1.807) is 7.11 Å². The van der Waals surface area contributed by atoms with Gasteiger partial charge in [0.15, 0.2) is 0 Å². The molecule has 1 saturated carbocycles. The number of nitrogens with one attached hydrogen (secondary N) is 1. The van der Waals surface area contributed by atoms with Crippen LogP contribution in [0.15, 0.2) is 0 Å². The fraction of sp³-hybridized carbons (Fsp3) is 1.00. The standard InChI is InChI=1S/C14H30N2O2/c1-14(12-17,15-13-6-7-13)8-4-5-9-16(2)10-11-18-3/h13,15,17H,4-12H2,1-3H3. The predicted molar refractivity (Wildman–Crippen MR) is 74.9 cm³/mol. The van der Waals surface area contributed by atoms with E-state index in [-0.39, 0.29) is 12.1 Å². The molecule has 0 aromatic carbocycles. The second kappa shape index (κ2) is 8.10. The Labute approximate surface area is 112 Å². The summed E-state index contributed by atoms with van der Waals surface area (Å²) in [6.45, 7) is 5.28. The van der Waals surface area contributed by atoms with Crippen LogP contribution in [0, 0.1) is 0 Å². The average molecular weight is 258 g/mol. The van der Waals surface area contributed by atoms with E-state index < -0.39 is 0 Å². The maximum atomic E-state index is 9.50. The fourth-order valence-electron chi connectivity index (χ4n) is 2.17. The van der Waals surface area contributed by atoms with Crippen molar-refractivity contribution in [3.05, 3.63) is 0 Å². The average Bonchev–Trinajstić information content (AvgIpc) is 3.16. The molecule has 0 saturated heterocycles. The molecule has 4 nitrogen and oxygen atoms in total. The number of rotatable bonds is 11. The van der Waals surface area contributed by atoms with Gasteiger partial charge in [0.25, 0.3) is 0 Å². The highest BCUT2D eigenvalue weighted by atomic mass is 16.5. The summed E-state index contributed by atoms with van der Waals surface area (Å²) in [7, 11) is 3.87. The lowest BCUT2D eigenvalue weighted by Gasteiger charge is -2.29. The van der Waals surface area contributed by atoms with E-state index in [1.165, 1.54) is 19.3 Å². The molecule has 18 heavy (non-hydrogen) atoms. The Bertz CT molecular complexity index is 222. The summed E-state index contributed by atoms with van der Waals surface area (Å²) >= 11 is 0. The molecule has 2 N–H and O–H groups in total. The van der Waals surface area contributed by atoms with Gasteiger partial charge in [-0.15, -0.1) is 0 Å². The molecule has 0 heterocycles. The molecule has 0 aliphatic heterocycles. The van der Waals surface area contributed by atoms with Gasteiger partial charge in [-0.2, -0.15) is 0 Å². The van der Waals surface area contributed by atoms with Crippen LogP contribution in [0.3, 0.4) is 0 Å². The summed E-state index contributed by atoms with van der Waals surface area (Å²) in [5.74, 6) is 0. The van der Waals surface area contributed by atoms with Crippen LogP contribution >= 0.6 is 0 Å². The van der Waals surface area contributed by atoms with E-state index in [9.17, 15) is 5.11 Å². The number of aliphatic hydroxyl groups excluding tert-OH is 1. The molecule has 0 aromatic heterocycles. The summed E-state index contributed by atoms with van der Waals surface area (Å²) in [6.07, 6.45) is 5.94. The molecule has 1 fully saturated rings. The first-order valence-electron chi connectivity index (χ1n) is 7.16. The Balaban J connectivity index is 2.07. The SMILES string of the molecule is COCCN(C)CCCCC(C)(CO)NC1CC1. The van der Waals surface area contributed by atoms with E-state index in [2.05, 4.69) is 24.2 Å². The maximum absolute atomic E-state index is 9.50. The van der Waals surface area contributed by atoms with Gasteiger partial charge in [-0.05, 0) is 46.2 Å². The quantitative estimate of drug-likeness (QED) is 0.547. The van der Waals surface area contributed by atoms with Gasteiger partial charge >= 0.3 is 0 Å². The third-order valence-electron chi connectivity index (χ3n) is 3.67. The van der Waals surface area contributed by atoms with Crippen molar-refractivity contribution < 1.29 is 9.84 Å². The molecule has 1 aliphatic carbocycles. The van der Waals surface area contributed by atoms with Crippen LogP contribution < -0.4 is 5.32 Å². The highest BCUT2D eigenvalue weighted by Gasteiger charge is 2.31. The van der Waals surface area contributed by atoms with Crippen LogP contribution in [0.2, 0.25) is 0 Å². The first kappa shape index (κ1) is 15.9. The summed E-state index contributed by atoms with van der Waals surface area (Å²) in [4.78, 5) is 2.30. The second-order valence-corrected chi connectivity index (χ2v) is 5.89. The van der Waals surface area contributed by atoms with Gasteiger partial charge in [0.1, 0.15) is 0 Å². The normalized spacial score (nSPS) is 19.2. The van der Waals surface area contributed by atoms with Crippen molar-refractivity contribution in [2.75, 3.05) is 40.5 Å². The molecule has 1 aliphatic rings. The van der Waals surface area contributed by atoms with Gasteiger partial charge in [-0.25, -0.2) is 0 Å². The van der Waals surface area contributed by atoms with Crippen LogP contribution in [-0.4, -0.2) is 62.0 Å². The van der Waals surface area contributed by atoms with E-state index in [0.717, 1.165) is 32.5 Å². The van der Waals surface area contributed by atoms with Gasteiger partial charge in [-0.1, -0.05) is 6.42 Å². The first-order valence-corrected chi connectivity index (χ1v) is 7.16. The zero-order valence-electron chi connectivity index (χ0n) is 12.2. The number of methoxy groups -OCH3 is 1. The molecule has 0 radical (unpaired) electrons. The van der Waals surface area contributed by atoms with Crippen LogP contribution in [0.25, 0.3) is 0 Å². The Morgan fingerprint density at radius 1 is 1.33 bits per heavy atom. The number of hydrogen-bond acceptors (Lipinski definition) is 4. The van der Waals surface area contributed by atoms with Crippen LogP contribution in [-0.2, 0) is 4.74 Å². The highest BCUT2D eigenvalue weighted by Crippen LogP contribution is 2.24. The monoisotopic (exact) mass is 258 g/mol. The Morgan fingerprint density at radius 3 is 2.61 bits per heavy atom. The van der Waals surface area contributed by atoms with E-state index in [0.29, 0.717) is 6.04 Å². The fourth-order valence-corrected chi connectivity index (χ4v) is 2.17. The molecule has 0 bridgehead atoms. The summed E-state index contributed by atoms with van der Waals surface area (Å²) in [5.41, 5.74) is -0.0771. The van der Waals surface area contributed by atoms with Crippen molar-refractivity contribution >= 4 is 0 Å². The van der Waals surface area contributed by atoms with Crippen molar-refractivity contribution in [3.8, 4) is 0 Å². The minimum atomic E-state index is -0.0771. The van der Waals surface area contributed by atoms with Crippen molar-refractivity contribution in [2.24, 2.45) is 0 Å². The topological polar surface area (TPSA) is 44.7 Å². The summed E-state index contributed by atoms with van der Waals surface area (Å²) in [5, 5.41) is 13.1. The molecule has 1 atom stereocenters. The minimum absolute atomic E-state index is 0.0771. The Morgan fingerprint density at radius 2 is 2.06 bits per heavy atom. The predicted octanol–water partition coefficient (Wildman–Crippen LogP) is 1.24. The minimum Gasteiger partial charge on any atom is -0.394 e. The van der Waals surface area contributed by atoms with Crippen molar-refractivity contribution in [3.63, 3.8) is 0 Å². The largest absolute Gasteiger partial charge is 0.394 e. The molecular formula is C14H30N2O2. The molecule has 1 unspecified atom stereocenters. The number of aliphatic hydroxyl groups is 1. The van der Waals surface area contributed by atoms with E-state index >= 15 is 0 Å². The van der Waals surface area contributed by atoms with Crippen LogP contribution in [0.1, 0.15) is 39.0 Å². The number of hydrogen-bond donors (Lipinski definition) is 2. The van der Waals surface area contributed by atoms with Crippen molar-refractivity contribution in [2.45, 2.75) is 50.6 Å². The molecule has 0 spiro atoms. The third kappa shape index (κ3) is 6.69. The summed E-state index contributed by atoms with van der Waals surface area (Å²) in [6, 6.07) is 0.659. The van der Waals surface area contributed by atoms with Crippen LogP contribution in [0.5, 0.6) is 0 Å². The highest BCUT2D eigenvalue weighted by molar-refractivity contribution is 4.92. The van der Waals surface area contributed by atoms with Gasteiger partial charge in [-0.3, -0.25) is 0 Å². The lowest BCUT2D eigenvalue weighted by molar-refractivity contribution is 0.151. The lowest BCUT2D eigenvalue weighted by atomic mass is 9.95. The van der Waals surface area contributed by atoms with E-state index in [4.69, 9.17) is 4.74 Å². The van der Waals surface area contributed by atoms with E-state index in [1.807, 2.05) is 0 Å². The lowest BCUT2D eigenvalue weighted by Crippen LogP contribution is -2.46. The number of likely N-dealkylation sites (N-methyl/N-ethyl adjacent to an activating group) is 1. The number of nitrogens with zero attached hydrogens (tertiary/aromatic N) is 1. The maximum Gasteiger partial charge on any atom is 0.0610 e. The van der Waals surface area contributed by atoms with Crippen LogP contribution in [0.4, 0.5) is 0 Å². The molecule has 0 aromatic rings.